The highest BCUT2D eigenvalue weighted by molar-refractivity contribution is 7.12. The van der Waals surface area contributed by atoms with Crippen molar-refractivity contribution in [2.45, 2.75) is 0 Å². The summed E-state index contributed by atoms with van der Waals surface area (Å²) < 4.78 is 9.46. The first-order valence-corrected chi connectivity index (χ1v) is 5.77. The molecule has 4 aromatic heterocycles. The normalized spacial score (nSPS) is 10.2. The fourth-order valence-corrected chi connectivity index (χ4v) is 1.78. The van der Waals surface area contributed by atoms with Crippen molar-refractivity contribution in [1.82, 2.24) is 29.9 Å². The SMILES string of the molecule is c1cnc2nnoc2c1.c1cnc2nnsc2c1. The summed E-state index contributed by atoms with van der Waals surface area (Å²) in [6, 6.07) is 7.37. The Labute approximate surface area is 105 Å². The average Bonchev–Trinajstić information content (AvgIpc) is 3.08. The van der Waals surface area contributed by atoms with Crippen LogP contribution in [0.2, 0.25) is 0 Å². The van der Waals surface area contributed by atoms with Crippen LogP contribution in [0, 0.1) is 0 Å². The first-order chi connectivity index (χ1) is 8.93. The zero-order valence-corrected chi connectivity index (χ0v) is 9.78. The maximum atomic E-state index is 4.69. The van der Waals surface area contributed by atoms with Crippen LogP contribution < -0.4 is 0 Å². The standard InChI is InChI=1S/C5H3N3O.C5H3N3S/c2*1-2-4-5(6-3-1)7-8-9-4/h2*1-3H. The van der Waals surface area contributed by atoms with Crippen molar-refractivity contribution in [3.05, 3.63) is 36.7 Å². The maximum Gasteiger partial charge on any atom is 0.223 e. The fourth-order valence-electron chi connectivity index (χ4n) is 1.26. The van der Waals surface area contributed by atoms with E-state index in [-0.39, 0.29) is 0 Å². The number of aromatic nitrogens is 6. The maximum absolute atomic E-state index is 4.69. The van der Waals surface area contributed by atoms with Gasteiger partial charge in [0.25, 0.3) is 0 Å². The predicted molar refractivity (Wildman–Crippen MR) is 64.8 cm³/mol. The van der Waals surface area contributed by atoms with E-state index < -0.39 is 0 Å². The highest BCUT2D eigenvalue weighted by Crippen LogP contribution is 2.09. The van der Waals surface area contributed by atoms with Crippen molar-refractivity contribution in [3.8, 4) is 0 Å². The molecule has 0 amide bonds. The van der Waals surface area contributed by atoms with Crippen molar-refractivity contribution in [2.75, 3.05) is 0 Å². The topological polar surface area (TPSA) is 90.5 Å². The number of pyridine rings is 2. The monoisotopic (exact) mass is 258 g/mol. The van der Waals surface area contributed by atoms with E-state index in [1.54, 1.807) is 24.5 Å². The van der Waals surface area contributed by atoms with E-state index in [1.807, 2.05) is 12.1 Å². The van der Waals surface area contributed by atoms with Crippen LogP contribution in [-0.4, -0.2) is 29.9 Å². The van der Waals surface area contributed by atoms with Gasteiger partial charge in [-0.1, -0.05) is 9.59 Å². The van der Waals surface area contributed by atoms with E-state index in [0.29, 0.717) is 11.2 Å². The van der Waals surface area contributed by atoms with Gasteiger partial charge in [0.2, 0.25) is 11.2 Å². The Morgan fingerprint density at radius 1 is 0.944 bits per heavy atom. The smallest absolute Gasteiger partial charge is 0.223 e. The van der Waals surface area contributed by atoms with Gasteiger partial charge in [0.05, 0.1) is 4.70 Å². The summed E-state index contributed by atoms with van der Waals surface area (Å²) >= 11 is 1.36. The van der Waals surface area contributed by atoms with Gasteiger partial charge in [-0.25, -0.2) is 9.97 Å². The van der Waals surface area contributed by atoms with Crippen LogP contribution in [0.3, 0.4) is 0 Å². The molecular formula is C10H6N6OS. The second kappa shape index (κ2) is 4.80. The second-order valence-electron chi connectivity index (χ2n) is 3.20. The summed E-state index contributed by atoms with van der Waals surface area (Å²) in [5, 5.41) is 10.7. The van der Waals surface area contributed by atoms with Crippen LogP contribution in [-0.2, 0) is 0 Å². The predicted octanol–water partition coefficient (Wildman–Crippen LogP) is 1.70. The van der Waals surface area contributed by atoms with Crippen LogP contribution in [0.1, 0.15) is 0 Å². The van der Waals surface area contributed by atoms with Gasteiger partial charge in [0, 0.05) is 17.7 Å². The Balaban J connectivity index is 0.000000111. The van der Waals surface area contributed by atoms with E-state index in [0.717, 1.165) is 10.3 Å². The number of nitrogens with zero attached hydrogens (tertiary/aromatic N) is 6. The third-order valence-corrected chi connectivity index (χ3v) is 2.73. The quantitative estimate of drug-likeness (QED) is 0.474. The molecule has 0 bridgehead atoms. The zero-order valence-electron chi connectivity index (χ0n) is 8.96. The lowest BCUT2D eigenvalue weighted by Crippen LogP contribution is -1.71. The molecule has 18 heavy (non-hydrogen) atoms. The third-order valence-electron chi connectivity index (χ3n) is 2.05. The van der Waals surface area contributed by atoms with Crippen molar-refractivity contribution in [3.63, 3.8) is 0 Å². The van der Waals surface area contributed by atoms with E-state index in [2.05, 4.69) is 29.9 Å². The Kier molecular flexibility index (Phi) is 2.84. The van der Waals surface area contributed by atoms with Crippen LogP contribution in [0.15, 0.2) is 41.2 Å². The first kappa shape index (κ1) is 10.7. The molecule has 88 valence electrons. The lowest BCUT2D eigenvalue weighted by molar-refractivity contribution is 0.424. The van der Waals surface area contributed by atoms with Crippen LogP contribution in [0.5, 0.6) is 0 Å². The Morgan fingerprint density at radius 3 is 2.61 bits per heavy atom. The van der Waals surface area contributed by atoms with Crippen molar-refractivity contribution >= 4 is 33.1 Å². The minimum absolute atomic E-state index is 0.553. The summed E-state index contributed by atoms with van der Waals surface area (Å²) in [7, 11) is 0. The third kappa shape index (κ3) is 2.13. The molecule has 0 saturated heterocycles. The molecule has 0 saturated carbocycles. The molecule has 0 aliphatic rings. The molecule has 8 heteroatoms. The molecule has 0 radical (unpaired) electrons. The van der Waals surface area contributed by atoms with Crippen LogP contribution >= 0.6 is 11.5 Å². The van der Waals surface area contributed by atoms with Gasteiger partial charge in [-0.3, -0.25) is 0 Å². The highest BCUT2D eigenvalue weighted by atomic mass is 32.1. The molecule has 4 aromatic rings. The van der Waals surface area contributed by atoms with Gasteiger partial charge in [-0.05, 0) is 35.8 Å². The highest BCUT2D eigenvalue weighted by Gasteiger charge is 1.95. The summed E-state index contributed by atoms with van der Waals surface area (Å²) in [6.07, 6.45) is 3.36. The molecule has 0 fully saturated rings. The molecule has 4 heterocycles. The summed E-state index contributed by atoms with van der Waals surface area (Å²) in [6.45, 7) is 0. The fraction of sp³-hybridized carbons (Fsp3) is 0. The summed E-state index contributed by atoms with van der Waals surface area (Å²) in [5.41, 5.74) is 1.91. The van der Waals surface area contributed by atoms with E-state index >= 15 is 0 Å². The first-order valence-electron chi connectivity index (χ1n) is 4.99. The summed E-state index contributed by atoms with van der Waals surface area (Å²) in [5.74, 6) is 0. The Morgan fingerprint density at radius 2 is 1.78 bits per heavy atom. The van der Waals surface area contributed by atoms with Gasteiger partial charge in [-0.15, -0.1) is 5.10 Å². The molecule has 0 spiro atoms. The second-order valence-corrected chi connectivity index (χ2v) is 3.98. The minimum Gasteiger partial charge on any atom is -0.335 e. The molecule has 0 aliphatic carbocycles. The lowest BCUT2D eigenvalue weighted by Gasteiger charge is -1.77. The summed E-state index contributed by atoms with van der Waals surface area (Å²) in [4.78, 5) is 7.85. The number of hydrogen-bond acceptors (Lipinski definition) is 8. The van der Waals surface area contributed by atoms with Crippen molar-refractivity contribution in [1.29, 1.82) is 0 Å². The largest absolute Gasteiger partial charge is 0.335 e. The molecule has 0 aliphatic heterocycles. The van der Waals surface area contributed by atoms with Crippen molar-refractivity contribution in [2.24, 2.45) is 0 Å². The number of fused-ring (bicyclic) bond motifs is 2. The van der Waals surface area contributed by atoms with Crippen molar-refractivity contribution < 1.29 is 4.52 Å². The average molecular weight is 258 g/mol. The molecule has 4 rings (SSSR count). The van der Waals surface area contributed by atoms with Gasteiger partial charge in [-0.2, -0.15) is 0 Å². The molecule has 7 nitrogen and oxygen atoms in total. The molecule has 0 atom stereocenters. The number of hydrogen-bond donors (Lipinski definition) is 0. The molecule has 0 unspecified atom stereocenters. The Bertz CT molecular complexity index is 640. The Hall–Kier alpha value is -2.48. The molecule has 0 aromatic carbocycles. The molecule has 0 N–H and O–H groups in total. The van der Waals surface area contributed by atoms with E-state index in [9.17, 15) is 0 Å². The lowest BCUT2D eigenvalue weighted by atomic mass is 10.5. The van der Waals surface area contributed by atoms with E-state index in [4.69, 9.17) is 4.52 Å². The number of rotatable bonds is 0. The van der Waals surface area contributed by atoms with Gasteiger partial charge in [0.15, 0.2) is 5.65 Å². The zero-order chi connectivity index (χ0) is 12.2. The van der Waals surface area contributed by atoms with Gasteiger partial charge >= 0.3 is 0 Å². The van der Waals surface area contributed by atoms with Gasteiger partial charge in [0.1, 0.15) is 0 Å². The van der Waals surface area contributed by atoms with E-state index in [1.165, 1.54) is 11.5 Å². The van der Waals surface area contributed by atoms with Crippen LogP contribution in [0.25, 0.3) is 21.6 Å². The van der Waals surface area contributed by atoms with Gasteiger partial charge < -0.3 is 4.52 Å². The minimum atomic E-state index is 0.553. The molecular weight excluding hydrogens is 252 g/mol. The van der Waals surface area contributed by atoms with Crippen LogP contribution in [0.4, 0.5) is 0 Å².